The first-order valence-electron chi connectivity index (χ1n) is 9.84. The molecule has 27 heavy (non-hydrogen) atoms. The van der Waals surface area contributed by atoms with Crippen molar-refractivity contribution in [2.24, 2.45) is 5.92 Å². The van der Waals surface area contributed by atoms with Crippen LogP contribution in [0.15, 0.2) is 24.3 Å². The first kappa shape index (κ1) is 18.0. The van der Waals surface area contributed by atoms with Gasteiger partial charge in [-0.3, -0.25) is 4.79 Å². The zero-order chi connectivity index (χ0) is 18.8. The molecule has 1 fully saturated rings. The number of benzene rings is 1. The van der Waals surface area contributed by atoms with E-state index in [0.29, 0.717) is 19.5 Å². The summed E-state index contributed by atoms with van der Waals surface area (Å²) in [5.74, 6) is 1.56. The molecule has 2 N–H and O–H groups in total. The van der Waals surface area contributed by atoms with E-state index in [0.717, 1.165) is 54.2 Å². The van der Waals surface area contributed by atoms with Gasteiger partial charge in [-0.2, -0.15) is 0 Å². The van der Waals surface area contributed by atoms with Gasteiger partial charge in [0.25, 0.3) is 5.91 Å². The maximum atomic E-state index is 12.8. The van der Waals surface area contributed by atoms with Gasteiger partial charge in [-0.15, -0.1) is 0 Å². The Morgan fingerprint density at radius 3 is 2.93 bits per heavy atom. The van der Waals surface area contributed by atoms with Crippen LogP contribution in [0.2, 0.25) is 0 Å². The number of hydrogen-bond acceptors (Lipinski definition) is 4. The topological polar surface area (TPSA) is 78.5 Å². The number of nitrogens with one attached hydrogen (secondary N) is 1. The molecule has 1 aliphatic carbocycles. The fraction of sp³-hybridized carbons (Fsp3) is 0.524. The number of hydrogen-bond donors (Lipinski definition) is 2. The van der Waals surface area contributed by atoms with Crippen molar-refractivity contribution in [3.63, 3.8) is 0 Å². The second-order valence-electron chi connectivity index (χ2n) is 7.60. The Bertz CT molecular complexity index is 811. The van der Waals surface area contributed by atoms with Crippen molar-refractivity contribution in [2.45, 2.75) is 51.2 Å². The number of ether oxygens (including phenoxy) is 1. The molecule has 0 bridgehead atoms. The summed E-state index contributed by atoms with van der Waals surface area (Å²) >= 11 is 0. The Morgan fingerprint density at radius 2 is 2.15 bits per heavy atom. The van der Waals surface area contributed by atoms with Crippen LogP contribution in [0.5, 0.6) is 5.75 Å². The van der Waals surface area contributed by atoms with E-state index in [2.05, 4.69) is 4.98 Å². The number of H-pyrrole nitrogens is 1. The Kier molecular flexibility index (Phi) is 5.16. The number of nitrogens with zero attached hydrogens (tertiary/aromatic N) is 2. The minimum absolute atomic E-state index is 0.113. The van der Waals surface area contributed by atoms with Gasteiger partial charge in [0.1, 0.15) is 17.7 Å². The normalized spacial score (nSPS) is 18.8. The lowest BCUT2D eigenvalue weighted by Gasteiger charge is -2.32. The van der Waals surface area contributed by atoms with E-state index < -0.39 is 6.10 Å². The van der Waals surface area contributed by atoms with E-state index in [4.69, 9.17) is 9.72 Å². The van der Waals surface area contributed by atoms with Crippen LogP contribution in [0.4, 0.5) is 0 Å². The van der Waals surface area contributed by atoms with Crippen molar-refractivity contribution in [3.8, 4) is 17.1 Å². The zero-order valence-electron chi connectivity index (χ0n) is 15.8. The Balaban J connectivity index is 1.48. The lowest BCUT2D eigenvalue weighted by Crippen LogP contribution is -2.45. The monoisotopic (exact) mass is 369 g/mol. The van der Waals surface area contributed by atoms with Gasteiger partial charge in [-0.05, 0) is 30.9 Å². The number of methoxy groups -OCH3 is 1. The quantitative estimate of drug-likeness (QED) is 0.869. The summed E-state index contributed by atoms with van der Waals surface area (Å²) < 4.78 is 5.29. The van der Waals surface area contributed by atoms with Gasteiger partial charge in [0.2, 0.25) is 0 Å². The summed E-state index contributed by atoms with van der Waals surface area (Å²) in [4.78, 5) is 22.6. The van der Waals surface area contributed by atoms with Crippen LogP contribution >= 0.6 is 0 Å². The fourth-order valence-electron chi connectivity index (χ4n) is 4.23. The summed E-state index contributed by atoms with van der Waals surface area (Å²) in [6.07, 6.45) is 5.19. The molecule has 1 aromatic heterocycles. The molecule has 144 valence electrons. The molecule has 1 aliphatic heterocycles. The molecular formula is C21H27N3O3. The smallest absolute Gasteiger partial charge is 0.252 e. The molecule has 1 saturated carbocycles. The van der Waals surface area contributed by atoms with Gasteiger partial charge < -0.3 is 19.7 Å². The summed E-state index contributed by atoms with van der Waals surface area (Å²) in [5.41, 5.74) is 2.93. The van der Waals surface area contributed by atoms with Crippen LogP contribution in [-0.4, -0.2) is 45.6 Å². The predicted octanol–water partition coefficient (Wildman–Crippen LogP) is 2.91. The van der Waals surface area contributed by atoms with Crippen LogP contribution in [0, 0.1) is 5.92 Å². The van der Waals surface area contributed by atoms with E-state index in [1.807, 2.05) is 24.3 Å². The second kappa shape index (κ2) is 7.72. The molecule has 2 aliphatic rings. The average molecular weight is 369 g/mol. The van der Waals surface area contributed by atoms with E-state index in [1.165, 1.54) is 6.42 Å². The average Bonchev–Trinajstić information content (AvgIpc) is 3.17. The highest BCUT2D eigenvalue weighted by molar-refractivity contribution is 5.81. The summed E-state index contributed by atoms with van der Waals surface area (Å²) in [6.45, 7) is 1.09. The predicted molar refractivity (Wildman–Crippen MR) is 102 cm³/mol. The third-order valence-corrected chi connectivity index (χ3v) is 5.84. The van der Waals surface area contributed by atoms with Crippen LogP contribution in [0.3, 0.4) is 0 Å². The van der Waals surface area contributed by atoms with E-state index in [1.54, 1.807) is 12.0 Å². The zero-order valence-corrected chi connectivity index (χ0v) is 15.8. The highest BCUT2D eigenvalue weighted by Crippen LogP contribution is 2.29. The fourth-order valence-corrected chi connectivity index (χ4v) is 4.23. The SMILES string of the molecule is COc1cccc(-c2nc3c([nH]2)CN(C(=O)C(O)C2CCCCC2)CC3)c1. The molecule has 1 amide bonds. The third-order valence-electron chi connectivity index (χ3n) is 5.84. The molecule has 2 aromatic rings. The molecule has 6 heteroatoms. The molecule has 0 spiro atoms. The number of carbonyl (C=O) groups is 1. The van der Waals surface area contributed by atoms with Gasteiger partial charge >= 0.3 is 0 Å². The van der Waals surface area contributed by atoms with Gasteiger partial charge in [0.15, 0.2) is 0 Å². The Hall–Kier alpha value is -2.34. The molecule has 6 nitrogen and oxygen atoms in total. The summed E-state index contributed by atoms with van der Waals surface area (Å²) in [5, 5.41) is 10.6. The molecular weight excluding hydrogens is 342 g/mol. The number of aromatic nitrogens is 2. The summed E-state index contributed by atoms with van der Waals surface area (Å²) in [7, 11) is 1.65. The molecule has 2 heterocycles. The van der Waals surface area contributed by atoms with Crippen LogP contribution in [0.1, 0.15) is 43.5 Å². The van der Waals surface area contributed by atoms with Crippen molar-refractivity contribution >= 4 is 5.91 Å². The van der Waals surface area contributed by atoms with Gasteiger partial charge in [-0.25, -0.2) is 4.98 Å². The molecule has 1 unspecified atom stereocenters. The maximum absolute atomic E-state index is 12.8. The van der Waals surface area contributed by atoms with Crippen molar-refractivity contribution in [3.05, 3.63) is 35.7 Å². The summed E-state index contributed by atoms with van der Waals surface area (Å²) in [6, 6.07) is 7.77. The van der Waals surface area contributed by atoms with Crippen molar-refractivity contribution < 1.29 is 14.6 Å². The largest absolute Gasteiger partial charge is 0.497 e. The molecule has 4 rings (SSSR count). The molecule has 0 saturated heterocycles. The first-order valence-corrected chi connectivity index (χ1v) is 9.84. The standard InChI is InChI=1S/C21H27N3O3/c1-27-16-9-5-8-15(12-16)20-22-17-10-11-24(13-18(17)23-20)21(26)19(25)14-6-3-2-4-7-14/h5,8-9,12,14,19,25H,2-4,6-7,10-11,13H2,1H3,(H,22,23). The number of aliphatic hydroxyl groups is 1. The maximum Gasteiger partial charge on any atom is 0.252 e. The van der Waals surface area contributed by atoms with E-state index >= 15 is 0 Å². The van der Waals surface area contributed by atoms with Crippen molar-refractivity contribution in [1.82, 2.24) is 14.9 Å². The van der Waals surface area contributed by atoms with Gasteiger partial charge in [0, 0.05) is 18.5 Å². The highest BCUT2D eigenvalue weighted by atomic mass is 16.5. The highest BCUT2D eigenvalue weighted by Gasteiger charge is 2.33. The van der Waals surface area contributed by atoms with Crippen LogP contribution < -0.4 is 4.74 Å². The number of fused-ring (bicyclic) bond motifs is 1. The van der Waals surface area contributed by atoms with Gasteiger partial charge in [0.05, 0.1) is 25.0 Å². The van der Waals surface area contributed by atoms with E-state index in [-0.39, 0.29) is 11.8 Å². The number of imidazole rings is 1. The number of amides is 1. The first-order chi connectivity index (χ1) is 13.2. The lowest BCUT2D eigenvalue weighted by atomic mass is 9.84. The van der Waals surface area contributed by atoms with Crippen LogP contribution in [0.25, 0.3) is 11.4 Å². The lowest BCUT2D eigenvalue weighted by molar-refractivity contribution is -0.144. The van der Waals surface area contributed by atoms with Crippen molar-refractivity contribution in [1.29, 1.82) is 0 Å². The Labute approximate surface area is 159 Å². The minimum Gasteiger partial charge on any atom is -0.497 e. The Morgan fingerprint density at radius 1 is 1.33 bits per heavy atom. The third kappa shape index (κ3) is 3.72. The van der Waals surface area contributed by atoms with Crippen molar-refractivity contribution in [2.75, 3.05) is 13.7 Å². The number of aliphatic hydroxyl groups excluding tert-OH is 1. The molecule has 0 radical (unpaired) electrons. The van der Waals surface area contributed by atoms with Gasteiger partial charge in [-0.1, -0.05) is 31.4 Å². The van der Waals surface area contributed by atoms with Crippen LogP contribution in [-0.2, 0) is 17.8 Å². The minimum atomic E-state index is -0.868. The molecule has 1 aromatic carbocycles. The second-order valence-corrected chi connectivity index (χ2v) is 7.60. The number of rotatable bonds is 4. The van der Waals surface area contributed by atoms with E-state index in [9.17, 15) is 9.90 Å². The molecule has 1 atom stereocenters. The number of aromatic amines is 1. The number of carbonyl (C=O) groups excluding carboxylic acids is 1.